The highest BCUT2D eigenvalue weighted by Gasteiger charge is 2.25. The van der Waals surface area contributed by atoms with E-state index < -0.39 is 0 Å². The smallest absolute Gasteiger partial charge is 0.0550 e. The molecule has 0 fully saturated rings. The fraction of sp³-hybridized carbons (Fsp3) is 0.111. The predicted molar refractivity (Wildman–Crippen MR) is 318 cm³/mol. The van der Waals surface area contributed by atoms with Crippen molar-refractivity contribution < 1.29 is 0 Å². The van der Waals surface area contributed by atoms with Gasteiger partial charge in [0.2, 0.25) is 0 Å². The predicted octanol–water partition coefficient (Wildman–Crippen LogP) is 20.3. The summed E-state index contributed by atoms with van der Waals surface area (Å²) in [7, 11) is 0. The monoisotopic (exact) mass is 952 g/mol. The number of aromatic nitrogens is 1. The Morgan fingerprint density at radius 2 is 0.770 bits per heavy atom. The van der Waals surface area contributed by atoms with Crippen LogP contribution >= 0.6 is 0 Å². The van der Waals surface area contributed by atoms with Crippen molar-refractivity contribution in [2.45, 2.75) is 52.4 Å². The van der Waals surface area contributed by atoms with Crippen molar-refractivity contribution in [3.05, 3.63) is 266 Å². The van der Waals surface area contributed by atoms with E-state index in [2.05, 4.69) is 306 Å². The number of nitrogens with zero attached hydrogens (tertiary/aromatic N) is 2. The van der Waals surface area contributed by atoms with Gasteiger partial charge in [0, 0.05) is 33.5 Å². The second kappa shape index (κ2) is 18.7. The number of benzene rings is 11. The van der Waals surface area contributed by atoms with E-state index >= 15 is 0 Å². The highest BCUT2D eigenvalue weighted by Crippen LogP contribution is 2.45. The van der Waals surface area contributed by atoms with E-state index in [0.29, 0.717) is 0 Å². The van der Waals surface area contributed by atoms with Gasteiger partial charge in [0.25, 0.3) is 0 Å². The molecule has 0 bridgehead atoms. The molecule has 1 aromatic heterocycles. The lowest BCUT2D eigenvalue weighted by Crippen LogP contribution is -2.12. The van der Waals surface area contributed by atoms with Crippen LogP contribution in [0.2, 0.25) is 0 Å². The van der Waals surface area contributed by atoms with Gasteiger partial charge >= 0.3 is 0 Å². The maximum Gasteiger partial charge on any atom is 0.0550 e. The lowest BCUT2D eigenvalue weighted by Gasteiger charge is -2.27. The molecule has 358 valence electrons. The largest absolute Gasteiger partial charge is 0.310 e. The van der Waals surface area contributed by atoms with Crippen LogP contribution in [0.25, 0.3) is 93.9 Å². The van der Waals surface area contributed by atoms with Gasteiger partial charge in [-0.05, 0) is 155 Å². The molecule has 0 saturated heterocycles. The van der Waals surface area contributed by atoms with Gasteiger partial charge in [0.05, 0.1) is 11.0 Å². The summed E-state index contributed by atoms with van der Waals surface area (Å²) < 4.78 is 2.49. The summed E-state index contributed by atoms with van der Waals surface area (Å²) in [6.07, 6.45) is 0. The van der Waals surface area contributed by atoms with Crippen LogP contribution in [-0.2, 0) is 10.8 Å². The minimum atomic E-state index is -0.0945. The first-order valence-corrected chi connectivity index (χ1v) is 26.0. The number of fused-ring (bicyclic) bond motifs is 4. The summed E-state index contributed by atoms with van der Waals surface area (Å²) in [4.78, 5) is 2.41. The van der Waals surface area contributed by atoms with Crippen LogP contribution in [0.1, 0.15) is 52.7 Å². The van der Waals surface area contributed by atoms with Gasteiger partial charge in [-0.25, -0.2) is 0 Å². The molecule has 12 aromatic rings. The van der Waals surface area contributed by atoms with Gasteiger partial charge in [-0.3, -0.25) is 0 Å². The lowest BCUT2D eigenvalue weighted by molar-refractivity contribution is 0.591. The van der Waals surface area contributed by atoms with Gasteiger partial charge in [0.15, 0.2) is 0 Å². The fourth-order valence-electron chi connectivity index (χ4n) is 10.8. The average molecular weight is 953 g/mol. The van der Waals surface area contributed by atoms with Crippen molar-refractivity contribution >= 4 is 49.6 Å². The summed E-state index contributed by atoms with van der Waals surface area (Å²) in [6.45, 7) is 13.9. The molecule has 0 atom stereocenters. The molecular weight excluding hydrogens is 893 g/mol. The van der Waals surface area contributed by atoms with Crippen molar-refractivity contribution in [1.29, 1.82) is 0 Å². The zero-order chi connectivity index (χ0) is 50.6. The molecule has 0 aliphatic carbocycles. The standard InChI is InChI=1S/C72H60N2/c1-71(2,3)58-39-44-66-68(47-58)74(60-22-11-8-12-23-60)69-48-59(72(4,5)6)46-67(70(66)69)57-21-15-24-63(45-57)73(61-40-35-53(36-41-61)51-29-27-50(28-30-51)49-17-9-7-10-18-49)62-42-37-54(38-43-62)52-31-33-56(34-32-52)65-26-16-20-55-19-13-14-25-64(55)65/h7-48H,1-6H3. The molecule has 0 spiro atoms. The molecule has 0 N–H and O–H groups in total. The summed E-state index contributed by atoms with van der Waals surface area (Å²) in [6, 6.07) is 93.9. The third-order valence-electron chi connectivity index (χ3n) is 14.9. The molecule has 2 nitrogen and oxygen atoms in total. The van der Waals surface area contributed by atoms with Crippen LogP contribution in [0.4, 0.5) is 17.1 Å². The molecule has 0 unspecified atom stereocenters. The molecule has 11 aromatic carbocycles. The maximum atomic E-state index is 2.49. The Bertz CT molecular complexity index is 3960. The fourth-order valence-corrected chi connectivity index (χ4v) is 10.8. The minimum absolute atomic E-state index is 0.00449. The third-order valence-corrected chi connectivity index (χ3v) is 14.9. The quantitative estimate of drug-likeness (QED) is 0.140. The van der Waals surface area contributed by atoms with Crippen molar-refractivity contribution in [2.24, 2.45) is 0 Å². The maximum absolute atomic E-state index is 2.49. The Labute approximate surface area is 436 Å². The highest BCUT2D eigenvalue weighted by atomic mass is 15.1. The SMILES string of the molecule is CC(C)(C)c1ccc2c3c(-c4cccc(N(c5ccc(-c6ccc(-c7ccccc7)cc6)cc5)c5ccc(-c6ccc(-c7cccc8ccccc78)cc6)cc5)c4)cc(C(C)(C)C)cc3n(-c3ccccc3)c2c1. The normalized spacial score (nSPS) is 11.9. The van der Waals surface area contributed by atoms with Crippen molar-refractivity contribution in [2.75, 3.05) is 4.90 Å². The Morgan fingerprint density at radius 1 is 0.297 bits per heavy atom. The molecule has 0 aliphatic rings. The number of hydrogen-bond acceptors (Lipinski definition) is 1. The minimum Gasteiger partial charge on any atom is -0.310 e. The first kappa shape index (κ1) is 46.4. The molecule has 0 aliphatic heterocycles. The summed E-state index contributed by atoms with van der Waals surface area (Å²) in [5.41, 5.74) is 21.4. The van der Waals surface area contributed by atoms with Gasteiger partial charge in [0.1, 0.15) is 0 Å². The van der Waals surface area contributed by atoms with E-state index in [4.69, 9.17) is 0 Å². The zero-order valence-corrected chi connectivity index (χ0v) is 43.1. The molecule has 74 heavy (non-hydrogen) atoms. The first-order valence-electron chi connectivity index (χ1n) is 26.0. The van der Waals surface area contributed by atoms with Crippen LogP contribution in [0.15, 0.2) is 255 Å². The van der Waals surface area contributed by atoms with Crippen LogP contribution in [0.5, 0.6) is 0 Å². The summed E-state index contributed by atoms with van der Waals surface area (Å²) in [5, 5.41) is 5.04. The number of rotatable bonds is 9. The first-order chi connectivity index (χ1) is 35.9. The number of hydrogen-bond donors (Lipinski definition) is 0. The van der Waals surface area contributed by atoms with Crippen LogP contribution in [0.3, 0.4) is 0 Å². The van der Waals surface area contributed by atoms with Crippen molar-refractivity contribution in [3.8, 4) is 61.3 Å². The Balaban J connectivity index is 0.980. The van der Waals surface area contributed by atoms with E-state index in [9.17, 15) is 0 Å². The Hall–Kier alpha value is -8.72. The van der Waals surface area contributed by atoms with Crippen LogP contribution in [-0.4, -0.2) is 4.57 Å². The van der Waals surface area contributed by atoms with Crippen LogP contribution < -0.4 is 4.90 Å². The molecule has 2 heteroatoms. The van der Waals surface area contributed by atoms with Gasteiger partial charge < -0.3 is 9.47 Å². The highest BCUT2D eigenvalue weighted by molar-refractivity contribution is 6.16. The average Bonchev–Trinajstić information content (AvgIpc) is 3.77. The molecule has 0 radical (unpaired) electrons. The topological polar surface area (TPSA) is 8.17 Å². The Kier molecular flexibility index (Phi) is 11.7. The molecule has 0 amide bonds. The van der Waals surface area contributed by atoms with Crippen LogP contribution in [0, 0.1) is 0 Å². The van der Waals surface area contributed by atoms with Gasteiger partial charge in [-0.15, -0.1) is 0 Å². The van der Waals surface area contributed by atoms with E-state index in [1.807, 2.05) is 0 Å². The van der Waals surface area contributed by atoms with E-state index in [0.717, 1.165) is 22.7 Å². The van der Waals surface area contributed by atoms with E-state index in [1.165, 1.54) is 99.3 Å². The van der Waals surface area contributed by atoms with E-state index in [-0.39, 0.29) is 10.8 Å². The third kappa shape index (κ3) is 8.77. The Morgan fingerprint density at radius 3 is 1.36 bits per heavy atom. The number of para-hydroxylation sites is 1. The molecule has 12 rings (SSSR count). The summed E-state index contributed by atoms with van der Waals surface area (Å²) >= 11 is 0. The zero-order valence-electron chi connectivity index (χ0n) is 43.1. The second-order valence-corrected chi connectivity index (χ2v) is 21.8. The second-order valence-electron chi connectivity index (χ2n) is 21.8. The van der Waals surface area contributed by atoms with Gasteiger partial charge in [-0.1, -0.05) is 230 Å². The molecule has 1 heterocycles. The van der Waals surface area contributed by atoms with Crippen molar-refractivity contribution in [3.63, 3.8) is 0 Å². The molecular formula is C72H60N2. The molecule has 0 saturated carbocycles. The van der Waals surface area contributed by atoms with Gasteiger partial charge in [-0.2, -0.15) is 0 Å². The lowest BCUT2D eigenvalue weighted by atomic mass is 9.83. The van der Waals surface area contributed by atoms with Crippen molar-refractivity contribution in [1.82, 2.24) is 4.57 Å². The van der Waals surface area contributed by atoms with E-state index in [1.54, 1.807) is 0 Å². The number of anilines is 3. The summed E-state index contributed by atoms with van der Waals surface area (Å²) in [5.74, 6) is 0.